The van der Waals surface area contributed by atoms with E-state index in [2.05, 4.69) is 5.32 Å². The maximum Gasteiger partial charge on any atom is 0.319 e. The van der Waals surface area contributed by atoms with Crippen LogP contribution in [-0.2, 0) is 14.3 Å². The lowest BCUT2D eigenvalue weighted by atomic mass is 9.88. The van der Waals surface area contributed by atoms with Gasteiger partial charge in [-0.05, 0) is 24.6 Å². The molecule has 4 nitrogen and oxygen atoms in total. The van der Waals surface area contributed by atoms with Crippen LogP contribution in [0.3, 0.4) is 0 Å². The second kappa shape index (κ2) is 5.34. The van der Waals surface area contributed by atoms with Gasteiger partial charge in [-0.15, -0.1) is 0 Å². The highest BCUT2D eigenvalue weighted by Gasteiger charge is 2.42. The zero-order chi connectivity index (χ0) is 14.0. The number of nitrogens with one attached hydrogen (secondary N) is 1. The molecule has 1 unspecified atom stereocenters. The molecule has 19 heavy (non-hydrogen) atoms. The molecule has 1 saturated heterocycles. The molecule has 1 fully saturated rings. The first-order chi connectivity index (χ1) is 9.02. The lowest BCUT2D eigenvalue weighted by Crippen LogP contribution is -2.29. The number of ether oxygens (including phenoxy) is 1. The smallest absolute Gasteiger partial charge is 0.319 e. The van der Waals surface area contributed by atoms with E-state index < -0.39 is 35.3 Å². The van der Waals surface area contributed by atoms with Crippen molar-refractivity contribution in [1.29, 1.82) is 0 Å². The molecule has 102 valence electrons. The molecular weight excluding hydrogens is 256 g/mol. The van der Waals surface area contributed by atoms with Gasteiger partial charge in [0.25, 0.3) is 0 Å². The molecule has 0 aliphatic carbocycles. The van der Waals surface area contributed by atoms with E-state index in [9.17, 15) is 18.4 Å². The Hall–Kier alpha value is -1.98. The van der Waals surface area contributed by atoms with Crippen molar-refractivity contribution in [3.8, 4) is 0 Å². The lowest BCUT2D eigenvalue weighted by Gasteiger charge is -2.16. The SMILES string of the molecule is CCOC(=O)C1C(=O)NC[C@@H]1c1cc(F)cc(F)c1. The van der Waals surface area contributed by atoms with Gasteiger partial charge in [0.05, 0.1) is 6.61 Å². The fraction of sp³-hybridized carbons (Fsp3) is 0.385. The van der Waals surface area contributed by atoms with Crippen LogP contribution in [-0.4, -0.2) is 25.0 Å². The van der Waals surface area contributed by atoms with E-state index in [4.69, 9.17) is 4.74 Å². The van der Waals surface area contributed by atoms with Crippen LogP contribution in [0.25, 0.3) is 0 Å². The predicted molar refractivity (Wildman–Crippen MR) is 62.2 cm³/mol. The summed E-state index contributed by atoms with van der Waals surface area (Å²) in [7, 11) is 0. The summed E-state index contributed by atoms with van der Waals surface area (Å²) in [6, 6.07) is 2.99. The highest BCUT2D eigenvalue weighted by Crippen LogP contribution is 2.30. The van der Waals surface area contributed by atoms with Gasteiger partial charge in [0.15, 0.2) is 0 Å². The van der Waals surface area contributed by atoms with Crippen LogP contribution in [0.1, 0.15) is 18.4 Å². The molecule has 6 heteroatoms. The third-order valence-electron chi connectivity index (χ3n) is 3.03. The van der Waals surface area contributed by atoms with Crippen LogP contribution in [0.4, 0.5) is 8.78 Å². The summed E-state index contributed by atoms with van der Waals surface area (Å²) in [6.45, 7) is 1.93. The average molecular weight is 269 g/mol. The third kappa shape index (κ3) is 2.72. The first-order valence-electron chi connectivity index (χ1n) is 5.93. The first kappa shape index (κ1) is 13.5. The van der Waals surface area contributed by atoms with Crippen LogP contribution in [0.15, 0.2) is 18.2 Å². The number of halogens is 2. The number of hydrogen-bond acceptors (Lipinski definition) is 3. The number of amides is 1. The molecule has 0 aromatic heterocycles. The summed E-state index contributed by atoms with van der Waals surface area (Å²) >= 11 is 0. The van der Waals surface area contributed by atoms with E-state index in [0.29, 0.717) is 0 Å². The number of carbonyl (C=O) groups excluding carboxylic acids is 2. The van der Waals surface area contributed by atoms with Crippen LogP contribution in [0.2, 0.25) is 0 Å². The predicted octanol–water partition coefficient (Wildman–Crippen LogP) is 1.36. The third-order valence-corrected chi connectivity index (χ3v) is 3.03. The van der Waals surface area contributed by atoms with Crippen molar-refractivity contribution in [3.63, 3.8) is 0 Å². The monoisotopic (exact) mass is 269 g/mol. The summed E-state index contributed by atoms with van der Waals surface area (Å²) in [5, 5.41) is 2.51. The Morgan fingerprint density at radius 2 is 2.00 bits per heavy atom. The zero-order valence-corrected chi connectivity index (χ0v) is 10.3. The molecule has 1 aliphatic heterocycles. The molecule has 1 heterocycles. The van der Waals surface area contributed by atoms with Crippen molar-refractivity contribution in [2.24, 2.45) is 5.92 Å². The quantitative estimate of drug-likeness (QED) is 0.666. The molecule has 1 N–H and O–H groups in total. The van der Waals surface area contributed by atoms with Gasteiger partial charge in [0.2, 0.25) is 5.91 Å². The second-order valence-electron chi connectivity index (χ2n) is 4.28. The minimum atomic E-state index is -1.05. The molecule has 1 aliphatic rings. The number of carbonyl (C=O) groups is 2. The summed E-state index contributed by atoms with van der Waals surface area (Å²) in [6.07, 6.45) is 0. The van der Waals surface area contributed by atoms with E-state index in [-0.39, 0.29) is 18.7 Å². The lowest BCUT2D eigenvalue weighted by molar-refractivity contribution is -0.151. The van der Waals surface area contributed by atoms with Crippen molar-refractivity contribution in [1.82, 2.24) is 5.32 Å². The van der Waals surface area contributed by atoms with Gasteiger partial charge in [0, 0.05) is 18.5 Å². The summed E-state index contributed by atoms with van der Waals surface area (Å²) < 4.78 is 31.2. The Labute approximate surface area is 108 Å². The Bertz CT molecular complexity index is 498. The molecule has 1 amide bonds. The summed E-state index contributed by atoms with van der Waals surface area (Å²) in [5.74, 6) is -4.30. The molecule has 0 saturated carbocycles. The minimum Gasteiger partial charge on any atom is -0.465 e. The molecule has 1 aromatic rings. The van der Waals surface area contributed by atoms with Gasteiger partial charge in [0.1, 0.15) is 17.6 Å². The van der Waals surface area contributed by atoms with Crippen molar-refractivity contribution in [2.75, 3.05) is 13.2 Å². The van der Waals surface area contributed by atoms with Crippen LogP contribution in [0, 0.1) is 17.6 Å². The molecule has 2 atom stereocenters. The fourth-order valence-corrected chi connectivity index (χ4v) is 2.22. The Morgan fingerprint density at radius 1 is 1.37 bits per heavy atom. The molecule has 0 spiro atoms. The Morgan fingerprint density at radius 3 is 2.58 bits per heavy atom. The molecule has 2 rings (SSSR count). The Balaban J connectivity index is 2.31. The number of rotatable bonds is 3. The number of hydrogen-bond donors (Lipinski definition) is 1. The van der Waals surface area contributed by atoms with Crippen LogP contribution in [0.5, 0.6) is 0 Å². The standard InChI is InChI=1S/C13H13F2NO3/c1-2-19-13(18)11-10(6-16-12(11)17)7-3-8(14)5-9(15)4-7/h3-5,10-11H,2,6H2,1H3,(H,16,17)/t10-,11?/m1/s1. The average Bonchev–Trinajstić information content (AvgIpc) is 2.70. The van der Waals surface area contributed by atoms with Gasteiger partial charge in [-0.25, -0.2) is 8.78 Å². The van der Waals surface area contributed by atoms with Crippen molar-refractivity contribution in [3.05, 3.63) is 35.4 Å². The van der Waals surface area contributed by atoms with E-state index >= 15 is 0 Å². The highest BCUT2D eigenvalue weighted by molar-refractivity contribution is 6.00. The largest absolute Gasteiger partial charge is 0.465 e. The Kier molecular flexibility index (Phi) is 3.78. The number of benzene rings is 1. The molecule has 0 radical (unpaired) electrons. The highest BCUT2D eigenvalue weighted by atomic mass is 19.1. The van der Waals surface area contributed by atoms with Crippen LogP contribution < -0.4 is 5.32 Å². The minimum absolute atomic E-state index is 0.146. The second-order valence-corrected chi connectivity index (χ2v) is 4.28. The van der Waals surface area contributed by atoms with Gasteiger partial charge in [-0.3, -0.25) is 9.59 Å². The topological polar surface area (TPSA) is 55.4 Å². The molecular formula is C13H13F2NO3. The van der Waals surface area contributed by atoms with Gasteiger partial charge < -0.3 is 10.1 Å². The molecule has 1 aromatic carbocycles. The van der Waals surface area contributed by atoms with Crippen molar-refractivity contribution in [2.45, 2.75) is 12.8 Å². The van der Waals surface area contributed by atoms with Gasteiger partial charge >= 0.3 is 5.97 Å². The van der Waals surface area contributed by atoms with E-state index in [1.165, 1.54) is 0 Å². The van der Waals surface area contributed by atoms with E-state index in [1.54, 1.807) is 6.92 Å². The van der Waals surface area contributed by atoms with Crippen molar-refractivity contribution >= 4 is 11.9 Å². The van der Waals surface area contributed by atoms with Crippen molar-refractivity contribution < 1.29 is 23.1 Å². The summed E-state index contributed by atoms with van der Waals surface area (Å²) in [4.78, 5) is 23.4. The van der Waals surface area contributed by atoms with Crippen LogP contribution >= 0.6 is 0 Å². The number of esters is 1. The normalized spacial score (nSPS) is 22.2. The van der Waals surface area contributed by atoms with Gasteiger partial charge in [-0.1, -0.05) is 0 Å². The van der Waals surface area contributed by atoms with E-state index in [1.807, 2.05) is 0 Å². The maximum atomic E-state index is 13.2. The van der Waals surface area contributed by atoms with E-state index in [0.717, 1.165) is 18.2 Å². The van der Waals surface area contributed by atoms with Gasteiger partial charge in [-0.2, -0.15) is 0 Å². The molecule has 0 bridgehead atoms. The fourth-order valence-electron chi connectivity index (χ4n) is 2.22. The first-order valence-corrected chi connectivity index (χ1v) is 5.93. The zero-order valence-electron chi connectivity index (χ0n) is 10.3. The summed E-state index contributed by atoms with van der Waals surface area (Å²) in [5.41, 5.74) is 0.272. The maximum absolute atomic E-state index is 13.2.